The summed E-state index contributed by atoms with van der Waals surface area (Å²) in [5.41, 5.74) is 0.796. The molecule has 0 bridgehead atoms. The van der Waals surface area contributed by atoms with Gasteiger partial charge >= 0.3 is 5.97 Å². The van der Waals surface area contributed by atoms with Crippen molar-refractivity contribution in [2.24, 2.45) is 5.92 Å². The highest BCUT2D eigenvalue weighted by Crippen LogP contribution is 2.26. The minimum absolute atomic E-state index is 0.196. The largest absolute Gasteiger partial charge is 0.508 e. The van der Waals surface area contributed by atoms with Crippen LogP contribution in [0.3, 0.4) is 0 Å². The van der Waals surface area contributed by atoms with Crippen molar-refractivity contribution in [3.8, 4) is 11.5 Å². The van der Waals surface area contributed by atoms with E-state index in [1.807, 2.05) is 6.07 Å². The summed E-state index contributed by atoms with van der Waals surface area (Å²) in [6, 6.07) is 5.47. The van der Waals surface area contributed by atoms with Crippen LogP contribution < -0.4 is 10.1 Å². The summed E-state index contributed by atoms with van der Waals surface area (Å²) in [7, 11) is 1.59. The molecule has 1 aromatic rings. The Labute approximate surface area is 118 Å². The highest BCUT2D eigenvalue weighted by atomic mass is 16.5. The van der Waals surface area contributed by atoms with Crippen LogP contribution in [0.15, 0.2) is 18.2 Å². The second-order valence-electron chi connectivity index (χ2n) is 5.26. The van der Waals surface area contributed by atoms with Gasteiger partial charge in [0.05, 0.1) is 13.0 Å². The van der Waals surface area contributed by atoms with Gasteiger partial charge in [-0.2, -0.15) is 0 Å². The molecule has 2 rings (SSSR count). The molecular weight excluding hydrogens is 258 g/mol. The summed E-state index contributed by atoms with van der Waals surface area (Å²) in [4.78, 5) is 10.9. The molecule has 1 aliphatic rings. The standard InChI is InChI=1S/C15H21NO4/c1-20-13-6-7-14(17)11(8-13)9-16-12-4-2-10(3-5-12)15(18)19/h6-8,10,12,16-17H,2-5,9H2,1H3,(H,18,19). The molecule has 1 aliphatic carbocycles. The van der Waals surface area contributed by atoms with Gasteiger partial charge in [0, 0.05) is 18.2 Å². The van der Waals surface area contributed by atoms with Crippen LogP contribution in [0.25, 0.3) is 0 Å². The van der Waals surface area contributed by atoms with E-state index in [2.05, 4.69) is 5.32 Å². The van der Waals surface area contributed by atoms with E-state index in [0.29, 0.717) is 18.3 Å². The van der Waals surface area contributed by atoms with E-state index in [9.17, 15) is 9.90 Å². The number of carbonyl (C=O) groups is 1. The Balaban J connectivity index is 1.86. The molecule has 5 nitrogen and oxygen atoms in total. The molecule has 0 heterocycles. The molecule has 0 radical (unpaired) electrons. The molecular formula is C15H21NO4. The van der Waals surface area contributed by atoms with Gasteiger partial charge in [-0.15, -0.1) is 0 Å². The van der Waals surface area contributed by atoms with Crippen molar-refractivity contribution in [1.29, 1.82) is 0 Å². The predicted molar refractivity (Wildman–Crippen MR) is 74.9 cm³/mol. The third-order valence-electron chi connectivity index (χ3n) is 3.94. The fourth-order valence-electron chi connectivity index (χ4n) is 2.63. The zero-order chi connectivity index (χ0) is 14.5. The number of aromatic hydroxyl groups is 1. The van der Waals surface area contributed by atoms with Gasteiger partial charge in [0.25, 0.3) is 0 Å². The monoisotopic (exact) mass is 279 g/mol. The van der Waals surface area contributed by atoms with Crippen molar-refractivity contribution in [2.75, 3.05) is 7.11 Å². The summed E-state index contributed by atoms with van der Waals surface area (Å²) >= 11 is 0. The Morgan fingerprint density at radius 3 is 2.65 bits per heavy atom. The quantitative estimate of drug-likeness (QED) is 0.769. The lowest BCUT2D eigenvalue weighted by atomic mass is 9.86. The van der Waals surface area contributed by atoms with Crippen LogP contribution in [0.4, 0.5) is 0 Å². The molecule has 1 fully saturated rings. The van der Waals surface area contributed by atoms with Crippen molar-refractivity contribution in [1.82, 2.24) is 5.32 Å². The number of rotatable bonds is 5. The first-order valence-corrected chi connectivity index (χ1v) is 6.92. The fourth-order valence-corrected chi connectivity index (χ4v) is 2.63. The van der Waals surface area contributed by atoms with Crippen molar-refractivity contribution >= 4 is 5.97 Å². The van der Waals surface area contributed by atoms with Gasteiger partial charge in [-0.1, -0.05) is 0 Å². The number of hydrogen-bond acceptors (Lipinski definition) is 4. The van der Waals surface area contributed by atoms with Crippen LogP contribution >= 0.6 is 0 Å². The third kappa shape index (κ3) is 3.63. The van der Waals surface area contributed by atoms with Crippen molar-refractivity contribution < 1.29 is 19.7 Å². The lowest BCUT2D eigenvalue weighted by Crippen LogP contribution is -2.34. The second-order valence-corrected chi connectivity index (χ2v) is 5.26. The maximum Gasteiger partial charge on any atom is 0.306 e. The maximum atomic E-state index is 10.9. The summed E-state index contributed by atoms with van der Waals surface area (Å²) in [6.07, 6.45) is 3.16. The minimum atomic E-state index is -0.686. The van der Waals surface area contributed by atoms with E-state index in [-0.39, 0.29) is 11.7 Å². The van der Waals surface area contributed by atoms with E-state index in [1.54, 1.807) is 19.2 Å². The topological polar surface area (TPSA) is 78.8 Å². The number of benzene rings is 1. The van der Waals surface area contributed by atoms with E-state index >= 15 is 0 Å². The Morgan fingerprint density at radius 1 is 1.35 bits per heavy atom. The molecule has 110 valence electrons. The minimum Gasteiger partial charge on any atom is -0.508 e. The molecule has 20 heavy (non-hydrogen) atoms. The third-order valence-corrected chi connectivity index (χ3v) is 3.94. The molecule has 0 amide bonds. The Morgan fingerprint density at radius 2 is 2.05 bits per heavy atom. The van der Waals surface area contributed by atoms with E-state index in [1.165, 1.54) is 0 Å². The summed E-state index contributed by atoms with van der Waals surface area (Å²) in [5, 5.41) is 22.1. The number of nitrogens with one attached hydrogen (secondary N) is 1. The lowest BCUT2D eigenvalue weighted by molar-refractivity contribution is -0.142. The molecule has 1 aromatic carbocycles. The maximum absolute atomic E-state index is 10.9. The number of methoxy groups -OCH3 is 1. The highest BCUT2D eigenvalue weighted by Gasteiger charge is 2.25. The van der Waals surface area contributed by atoms with Gasteiger partial charge in [-0.25, -0.2) is 0 Å². The van der Waals surface area contributed by atoms with E-state index in [0.717, 1.165) is 31.2 Å². The van der Waals surface area contributed by atoms with Crippen LogP contribution in [0.2, 0.25) is 0 Å². The Hall–Kier alpha value is -1.75. The number of carboxylic acid groups (broad SMARTS) is 1. The van der Waals surface area contributed by atoms with Gasteiger partial charge in [0.2, 0.25) is 0 Å². The summed E-state index contributed by atoms with van der Waals surface area (Å²) in [5.74, 6) is 0.0823. The average molecular weight is 279 g/mol. The fraction of sp³-hybridized carbons (Fsp3) is 0.533. The van der Waals surface area contributed by atoms with Crippen LogP contribution in [-0.4, -0.2) is 29.3 Å². The molecule has 0 aliphatic heterocycles. The number of phenolic OH excluding ortho intramolecular Hbond substituents is 1. The Bertz CT molecular complexity index is 467. The number of carboxylic acids is 1. The first-order valence-electron chi connectivity index (χ1n) is 6.92. The predicted octanol–water partition coefficient (Wildman–Crippen LogP) is 2.13. The molecule has 0 aromatic heterocycles. The van der Waals surface area contributed by atoms with Gasteiger partial charge in [-0.05, 0) is 43.9 Å². The molecule has 0 atom stereocenters. The number of phenols is 1. The smallest absolute Gasteiger partial charge is 0.306 e. The first kappa shape index (κ1) is 14.7. The van der Waals surface area contributed by atoms with E-state index in [4.69, 9.17) is 9.84 Å². The van der Waals surface area contributed by atoms with E-state index < -0.39 is 5.97 Å². The van der Waals surface area contributed by atoms with Gasteiger partial charge in [0.15, 0.2) is 0 Å². The normalized spacial score (nSPS) is 22.4. The molecule has 1 saturated carbocycles. The van der Waals surface area contributed by atoms with Crippen LogP contribution in [0.1, 0.15) is 31.2 Å². The van der Waals surface area contributed by atoms with Crippen molar-refractivity contribution in [2.45, 2.75) is 38.3 Å². The van der Waals surface area contributed by atoms with Gasteiger partial charge < -0.3 is 20.3 Å². The highest BCUT2D eigenvalue weighted by molar-refractivity contribution is 5.70. The van der Waals surface area contributed by atoms with Gasteiger partial charge in [-0.3, -0.25) is 4.79 Å². The van der Waals surface area contributed by atoms with Crippen LogP contribution in [-0.2, 0) is 11.3 Å². The molecule has 0 unspecified atom stereocenters. The molecule has 5 heteroatoms. The zero-order valence-corrected chi connectivity index (χ0v) is 11.6. The summed E-state index contributed by atoms with van der Waals surface area (Å²) in [6.45, 7) is 0.561. The van der Waals surface area contributed by atoms with Crippen LogP contribution in [0, 0.1) is 5.92 Å². The number of hydrogen-bond donors (Lipinski definition) is 3. The Kier molecular flexibility index (Phi) is 4.84. The van der Waals surface area contributed by atoms with Crippen molar-refractivity contribution in [3.63, 3.8) is 0 Å². The van der Waals surface area contributed by atoms with Gasteiger partial charge in [0.1, 0.15) is 11.5 Å². The SMILES string of the molecule is COc1ccc(O)c(CNC2CCC(C(=O)O)CC2)c1. The summed E-state index contributed by atoms with van der Waals surface area (Å²) < 4.78 is 5.14. The zero-order valence-electron chi connectivity index (χ0n) is 11.6. The average Bonchev–Trinajstić information content (AvgIpc) is 2.47. The van der Waals surface area contributed by atoms with Crippen molar-refractivity contribution in [3.05, 3.63) is 23.8 Å². The lowest BCUT2D eigenvalue weighted by Gasteiger charge is -2.27. The first-order chi connectivity index (χ1) is 9.60. The molecule has 0 spiro atoms. The number of ether oxygens (including phenoxy) is 1. The number of aliphatic carboxylic acids is 1. The molecule has 3 N–H and O–H groups in total. The van der Waals surface area contributed by atoms with Crippen LogP contribution in [0.5, 0.6) is 11.5 Å². The molecule has 0 saturated heterocycles. The second kappa shape index (κ2) is 6.61.